The summed E-state index contributed by atoms with van der Waals surface area (Å²) >= 11 is 1.58. The first-order valence-electron chi connectivity index (χ1n) is 9.17. The Morgan fingerprint density at radius 3 is 2.81 bits per heavy atom. The summed E-state index contributed by atoms with van der Waals surface area (Å²) in [5.74, 6) is -0.0484. The number of pyridine rings is 1. The lowest BCUT2D eigenvalue weighted by atomic mass is 10.2. The molecule has 0 aromatic carbocycles. The minimum Gasteiger partial charge on any atom is -0.385 e. The van der Waals surface area contributed by atoms with Crippen LogP contribution in [0.15, 0.2) is 18.3 Å². The molecule has 1 aliphatic heterocycles. The average molecular weight is 391 g/mol. The Kier molecular flexibility index (Phi) is 6.94. The molecular weight excluding hydrogens is 366 g/mol. The van der Waals surface area contributed by atoms with Gasteiger partial charge < -0.3 is 19.9 Å². The fourth-order valence-corrected chi connectivity index (χ4v) is 3.91. The molecule has 1 aliphatic rings. The number of hydrogen-bond acceptors (Lipinski definition) is 7. The molecule has 2 aromatic heterocycles. The van der Waals surface area contributed by atoms with Crippen LogP contribution in [0.25, 0.3) is 10.3 Å². The summed E-state index contributed by atoms with van der Waals surface area (Å²) in [4.78, 5) is 38.0. The monoisotopic (exact) mass is 391 g/mol. The van der Waals surface area contributed by atoms with E-state index in [1.165, 1.54) is 0 Å². The van der Waals surface area contributed by atoms with Gasteiger partial charge in [0.15, 0.2) is 5.13 Å². The minimum atomic E-state index is -0.0833. The van der Waals surface area contributed by atoms with Crippen molar-refractivity contribution in [2.24, 2.45) is 0 Å². The molecule has 9 heteroatoms. The molecule has 3 rings (SSSR count). The largest absolute Gasteiger partial charge is 0.385 e. The summed E-state index contributed by atoms with van der Waals surface area (Å²) in [5, 5.41) is 3.76. The summed E-state index contributed by atoms with van der Waals surface area (Å²) in [5.41, 5.74) is 0.910. The maximum atomic E-state index is 12.3. The van der Waals surface area contributed by atoms with Crippen molar-refractivity contribution >= 4 is 38.6 Å². The smallest absolute Gasteiger partial charge is 0.223 e. The van der Waals surface area contributed by atoms with Crippen molar-refractivity contribution in [3.05, 3.63) is 18.3 Å². The first-order valence-corrected chi connectivity index (χ1v) is 9.99. The zero-order chi connectivity index (χ0) is 19.1. The van der Waals surface area contributed by atoms with Crippen LogP contribution in [0, 0.1) is 0 Å². The Hall–Kier alpha value is -2.26. The fourth-order valence-electron chi connectivity index (χ4n) is 2.95. The van der Waals surface area contributed by atoms with Crippen LogP contribution in [0.3, 0.4) is 0 Å². The predicted molar refractivity (Wildman–Crippen MR) is 105 cm³/mol. The van der Waals surface area contributed by atoms with Crippen molar-refractivity contribution in [2.75, 3.05) is 51.3 Å². The van der Waals surface area contributed by atoms with Crippen LogP contribution < -0.4 is 10.2 Å². The van der Waals surface area contributed by atoms with E-state index in [2.05, 4.69) is 20.2 Å². The highest BCUT2D eigenvalue weighted by Gasteiger charge is 2.23. The molecule has 0 unspecified atom stereocenters. The molecule has 1 fully saturated rings. The summed E-state index contributed by atoms with van der Waals surface area (Å²) in [7, 11) is 1.63. The van der Waals surface area contributed by atoms with E-state index in [4.69, 9.17) is 4.74 Å². The molecule has 146 valence electrons. The number of fused-ring (bicyclic) bond motifs is 1. The molecule has 0 saturated carbocycles. The molecule has 8 nitrogen and oxygen atoms in total. The normalized spacial score (nSPS) is 14.6. The number of rotatable bonds is 8. The third-order valence-corrected chi connectivity index (χ3v) is 5.51. The van der Waals surface area contributed by atoms with E-state index in [-0.39, 0.29) is 24.7 Å². The van der Waals surface area contributed by atoms with Crippen LogP contribution in [-0.2, 0) is 14.3 Å². The van der Waals surface area contributed by atoms with Crippen molar-refractivity contribution in [3.63, 3.8) is 0 Å². The third-order valence-electron chi connectivity index (χ3n) is 4.47. The number of nitrogens with zero attached hydrogens (tertiary/aromatic N) is 4. The third kappa shape index (κ3) is 5.36. The molecule has 1 saturated heterocycles. The van der Waals surface area contributed by atoms with Crippen LogP contribution in [0.4, 0.5) is 5.13 Å². The predicted octanol–water partition coefficient (Wildman–Crippen LogP) is 1.27. The number of thiazole rings is 1. The van der Waals surface area contributed by atoms with Crippen LogP contribution >= 0.6 is 11.3 Å². The zero-order valence-electron chi connectivity index (χ0n) is 15.5. The number of anilines is 1. The topological polar surface area (TPSA) is 87.7 Å². The first-order chi connectivity index (χ1) is 13.2. The van der Waals surface area contributed by atoms with E-state index in [1.807, 2.05) is 17.0 Å². The number of methoxy groups -OCH3 is 1. The summed E-state index contributed by atoms with van der Waals surface area (Å²) < 4.78 is 4.94. The maximum absolute atomic E-state index is 12.3. The van der Waals surface area contributed by atoms with E-state index < -0.39 is 0 Å². The van der Waals surface area contributed by atoms with Crippen molar-refractivity contribution < 1.29 is 14.3 Å². The van der Waals surface area contributed by atoms with E-state index in [1.54, 1.807) is 24.6 Å². The Bertz CT molecular complexity index is 740. The quantitative estimate of drug-likeness (QED) is 0.682. The van der Waals surface area contributed by atoms with Gasteiger partial charge in [-0.05, 0) is 18.6 Å². The zero-order valence-corrected chi connectivity index (χ0v) is 16.3. The number of aromatic nitrogens is 2. The van der Waals surface area contributed by atoms with Gasteiger partial charge in [-0.3, -0.25) is 9.59 Å². The second-order valence-electron chi connectivity index (χ2n) is 6.39. The number of piperazine rings is 1. The number of nitrogens with one attached hydrogen (secondary N) is 1. The summed E-state index contributed by atoms with van der Waals surface area (Å²) in [6, 6.07) is 3.85. The molecule has 2 amide bonds. The Labute approximate surface area is 162 Å². The van der Waals surface area contributed by atoms with Gasteiger partial charge in [-0.2, -0.15) is 0 Å². The molecule has 27 heavy (non-hydrogen) atoms. The standard InChI is InChI=1S/C18H25N5O3S/c1-26-13-3-8-19-15(24)5-6-16(25)22-9-11-23(12-10-22)18-21-14-4-2-7-20-17(14)27-18/h2,4,7H,3,5-6,8-13H2,1H3,(H,19,24). The summed E-state index contributed by atoms with van der Waals surface area (Å²) in [6.45, 7) is 3.99. The van der Waals surface area contributed by atoms with Gasteiger partial charge in [0.25, 0.3) is 0 Å². The van der Waals surface area contributed by atoms with Gasteiger partial charge in [0, 0.05) is 65.5 Å². The van der Waals surface area contributed by atoms with Crippen molar-refractivity contribution in [3.8, 4) is 0 Å². The van der Waals surface area contributed by atoms with Gasteiger partial charge in [0.1, 0.15) is 10.3 Å². The highest BCUT2D eigenvalue weighted by atomic mass is 32.1. The van der Waals surface area contributed by atoms with Gasteiger partial charge in [-0.1, -0.05) is 11.3 Å². The minimum absolute atomic E-state index is 0.0349. The molecule has 0 atom stereocenters. The van der Waals surface area contributed by atoms with Gasteiger partial charge in [0.05, 0.1) is 0 Å². The van der Waals surface area contributed by atoms with Crippen LogP contribution in [-0.4, -0.2) is 73.1 Å². The van der Waals surface area contributed by atoms with Crippen LogP contribution in [0.5, 0.6) is 0 Å². The Morgan fingerprint density at radius 1 is 1.26 bits per heavy atom. The van der Waals surface area contributed by atoms with Crippen molar-refractivity contribution in [1.29, 1.82) is 0 Å². The SMILES string of the molecule is COCCCNC(=O)CCC(=O)N1CCN(c2nc3cccnc3s2)CC1. The fraction of sp³-hybridized carbons (Fsp3) is 0.556. The van der Waals surface area contributed by atoms with E-state index in [0.29, 0.717) is 26.2 Å². The first kappa shape index (κ1) is 19.5. The number of carbonyl (C=O) groups is 2. The van der Waals surface area contributed by atoms with Crippen LogP contribution in [0.1, 0.15) is 19.3 Å². The number of amides is 2. The molecule has 0 aliphatic carbocycles. The lowest BCUT2D eigenvalue weighted by Gasteiger charge is -2.34. The van der Waals surface area contributed by atoms with Crippen molar-refractivity contribution in [1.82, 2.24) is 20.2 Å². The number of hydrogen-bond donors (Lipinski definition) is 1. The van der Waals surface area contributed by atoms with Crippen LogP contribution in [0.2, 0.25) is 0 Å². The maximum Gasteiger partial charge on any atom is 0.223 e. The second kappa shape index (κ2) is 9.61. The highest BCUT2D eigenvalue weighted by molar-refractivity contribution is 7.21. The van der Waals surface area contributed by atoms with Crippen molar-refractivity contribution in [2.45, 2.75) is 19.3 Å². The molecule has 2 aromatic rings. The Balaban J connectivity index is 1.40. The van der Waals surface area contributed by atoms with Gasteiger partial charge in [-0.25, -0.2) is 9.97 Å². The molecular formula is C18H25N5O3S. The average Bonchev–Trinajstić information content (AvgIpc) is 3.14. The lowest BCUT2D eigenvalue weighted by molar-refractivity contribution is -0.133. The lowest BCUT2D eigenvalue weighted by Crippen LogP contribution is -2.48. The number of ether oxygens (including phenoxy) is 1. The van der Waals surface area contributed by atoms with Gasteiger partial charge in [-0.15, -0.1) is 0 Å². The van der Waals surface area contributed by atoms with Gasteiger partial charge in [0.2, 0.25) is 11.8 Å². The summed E-state index contributed by atoms with van der Waals surface area (Å²) in [6.07, 6.45) is 3.03. The van der Waals surface area contributed by atoms with Gasteiger partial charge >= 0.3 is 0 Å². The van der Waals surface area contributed by atoms with E-state index in [0.717, 1.165) is 35.0 Å². The number of carbonyl (C=O) groups excluding carboxylic acids is 2. The second-order valence-corrected chi connectivity index (χ2v) is 7.34. The molecule has 1 N–H and O–H groups in total. The molecule has 3 heterocycles. The van der Waals surface area contributed by atoms with E-state index in [9.17, 15) is 9.59 Å². The molecule has 0 bridgehead atoms. The molecule has 0 spiro atoms. The van der Waals surface area contributed by atoms with E-state index >= 15 is 0 Å². The highest BCUT2D eigenvalue weighted by Crippen LogP contribution is 2.27. The molecule has 0 radical (unpaired) electrons. The Morgan fingerprint density at radius 2 is 2.07 bits per heavy atom.